The maximum Gasteiger partial charge on any atom is 0.264 e. The van der Waals surface area contributed by atoms with Crippen LogP contribution in [0.15, 0.2) is 42.6 Å². The summed E-state index contributed by atoms with van der Waals surface area (Å²) in [5.74, 6) is 1.26. The van der Waals surface area contributed by atoms with Crippen molar-refractivity contribution in [1.29, 1.82) is 0 Å². The third-order valence-electron chi connectivity index (χ3n) is 5.95. The number of hydrogen-bond acceptors (Lipinski definition) is 6. The molecule has 5 rings (SSSR count). The number of ether oxygens (including phenoxy) is 1. The average Bonchev–Trinajstić information content (AvgIpc) is 3.28. The van der Waals surface area contributed by atoms with Crippen LogP contribution in [0.4, 0.5) is 0 Å². The summed E-state index contributed by atoms with van der Waals surface area (Å²) in [5, 5.41) is 2.75. The van der Waals surface area contributed by atoms with E-state index < -0.39 is 5.41 Å². The number of hydrogen-bond donors (Lipinski definition) is 1. The van der Waals surface area contributed by atoms with Gasteiger partial charge in [-0.15, -0.1) is 11.3 Å². The fraction of sp³-hybridized carbons (Fsp3) is 0.304. The van der Waals surface area contributed by atoms with E-state index in [0.29, 0.717) is 34.9 Å². The number of Topliss-reactive ketones (excluding diaryl/α,β-unsaturated/α-hetero) is 1. The first-order valence-corrected chi connectivity index (χ1v) is 11.0. The predicted octanol–water partition coefficient (Wildman–Crippen LogP) is 3.28. The van der Waals surface area contributed by atoms with Crippen molar-refractivity contribution < 1.29 is 19.1 Å². The number of carbonyl (C=O) groups excluding carboxylic acids is 3. The van der Waals surface area contributed by atoms with Crippen molar-refractivity contribution in [1.82, 2.24) is 15.2 Å². The number of aromatic nitrogens is 1. The van der Waals surface area contributed by atoms with E-state index in [4.69, 9.17) is 4.74 Å². The monoisotopic (exact) mass is 435 g/mol. The Bertz CT molecular complexity index is 1200. The fourth-order valence-electron chi connectivity index (χ4n) is 4.04. The molecule has 2 aliphatic rings. The topological polar surface area (TPSA) is 88.6 Å². The summed E-state index contributed by atoms with van der Waals surface area (Å²) >= 11 is 1.32. The highest BCUT2D eigenvalue weighted by atomic mass is 32.1. The van der Waals surface area contributed by atoms with Crippen LogP contribution < -0.4 is 10.1 Å². The maximum absolute atomic E-state index is 12.7. The number of amides is 2. The molecule has 3 heterocycles. The lowest BCUT2D eigenvalue weighted by Crippen LogP contribution is -2.31. The summed E-state index contributed by atoms with van der Waals surface area (Å²) in [5.41, 5.74) is 1.27. The normalized spacial score (nSPS) is 17.1. The first-order valence-electron chi connectivity index (χ1n) is 10.2. The molecule has 1 saturated carbocycles. The van der Waals surface area contributed by atoms with Gasteiger partial charge < -0.3 is 15.0 Å². The van der Waals surface area contributed by atoms with Gasteiger partial charge in [-0.1, -0.05) is 12.1 Å². The Labute approximate surface area is 183 Å². The van der Waals surface area contributed by atoms with Crippen molar-refractivity contribution in [2.24, 2.45) is 0 Å². The van der Waals surface area contributed by atoms with Crippen LogP contribution in [0.2, 0.25) is 0 Å². The van der Waals surface area contributed by atoms with Crippen molar-refractivity contribution in [2.75, 3.05) is 20.1 Å². The highest BCUT2D eigenvalue weighted by Crippen LogP contribution is 2.48. The number of likely N-dealkylation sites (tertiary alicyclic amines) is 1. The molecule has 0 radical (unpaired) electrons. The summed E-state index contributed by atoms with van der Waals surface area (Å²) in [6.45, 7) is 0.639. The van der Waals surface area contributed by atoms with Crippen molar-refractivity contribution in [3.05, 3.63) is 53.0 Å². The Morgan fingerprint density at radius 1 is 1.19 bits per heavy atom. The lowest BCUT2D eigenvalue weighted by molar-refractivity contribution is -0.123. The number of nitrogens with zero attached hydrogens (tertiary/aromatic N) is 2. The number of fused-ring (bicyclic) bond motifs is 1. The Morgan fingerprint density at radius 2 is 1.97 bits per heavy atom. The summed E-state index contributed by atoms with van der Waals surface area (Å²) in [7, 11) is 1.66. The van der Waals surface area contributed by atoms with Crippen LogP contribution in [0.25, 0.3) is 10.2 Å². The van der Waals surface area contributed by atoms with Crippen LogP contribution in [0.1, 0.15) is 34.5 Å². The number of rotatable bonds is 5. The molecular weight excluding hydrogens is 414 g/mol. The van der Waals surface area contributed by atoms with Gasteiger partial charge in [-0.05, 0) is 36.6 Å². The van der Waals surface area contributed by atoms with Crippen molar-refractivity contribution >= 4 is 39.2 Å². The van der Waals surface area contributed by atoms with Gasteiger partial charge >= 0.3 is 0 Å². The zero-order chi connectivity index (χ0) is 21.6. The SMILES string of the molecule is CNC(=O)C1(c2ccc(Oc3ccnc4cc(C(=O)N5CCC(=O)C5)sc34)cc2)CC1. The van der Waals surface area contributed by atoms with Crippen LogP contribution in [0.3, 0.4) is 0 Å². The third kappa shape index (κ3) is 3.46. The van der Waals surface area contributed by atoms with E-state index in [2.05, 4.69) is 10.3 Å². The maximum atomic E-state index is 12.7. The van der Waals surface area contributed by atoms with E-state index >= 15 is 0 Å². The molecule has 1 aromatic carbocycles. The minimum Gasteiger partial charge on any atom is -0.456 e. The molecule has 0 atom stereocenters. The van der Waals surface area contributed by atoms with E-state index in [-0.39, 0.29) is 24.1 Å². The van der Waals surface area contributed by atoms with Crippen molar-refractivity contribution in [3.63, 3.8) is 0 Å². The quantitative estimate of drug-likeness (QED) is 0.664. The molecule has 8 heteroatoms. The molecule has 0 unspecified atom stereocenters. The second-order valence-corrected chi connectivity index (χ2v) is 8.99. The zero-order valence-corrected chi connectivity index (χ0v) is 17.8. The molecule has 2 amide bonds. The van der Waals surface area contributed by atoms with Gasteiger partial charge in [0.05, 0.1) is 27.1 Å². The van der Waals surface area contributed by atoms with Gasteiger partial charge in [-0.2, -0.15) is 0 Å². The molecule has 0 spiro atoms. The second kappa shape index (κ2) is 7.46. The lowest BCUT2D eigenvalue weighted by Gasteiger charge is -2.14. The molecule has 31 heavy (non-hydrogen) atoms. The van der Waals surface area contributed by atoms with Gasteiger partial charge in [0, 0.05) is 32.3 Å². The average molecular weight is 436 g/mol. The van der Waals surface area contributed by atoms with Crippen LogP contribution in [0.5, 0.6) is 11.5 Å². The summed E-state index contributed by atoms with van der Waals surface area (Å²) < 4.78 is 6.87. The van der Waals surface area contributed by atoms with Gasteiger partial charge in [-0.3, -0.25) is 19.4 Å². The van der Waals surface area contributed by atoms with Gasteiger partial charge in [0.2, 0.25) is 5.91 Å². The standard InChI is InChI=1S/C23H21N3O4S/c1-24-22(29)23(8-9-23)14-2-4-16(5-3-14)30-18-6-10-25-17-12-19(31-20(17)18)21(28)26-11-7-15(27)13-26/h2-6,10,12H,7-9,11,13H2,1H3,(H,24,29). The molecule has 2 fully saturated rings. The molecule has 7 nitrogen and oxygen atoms in total. The minimum absolute atomic E-state index is 0.0486. The number of pyridine rings is 1. The van der Waals surface area contributed by atoms with Gasteiger partial charge in [0.25, 0.3) is 5.91 Å². The molecule has 2 aromatic heterocycles. The van der Waals surface area contributed by atoms with Crippen LogP contribution in [-0.4, -0.2) is 47.6 Å². The van der Waals surface area contributed by atoms with Crippen molar-refractivity contribution in [2.45, 2.75) is 24.7 Å². The van der Waals surface area contributed by atoms with Crippen LogP contribution in [0, 0.1) is 0 Å². The first-order chi connectivity index (χ1) is 15.0. The number of thiophene rings is 1. The molecular formula is C23H21N3O4S. The molecule has 1 saturated heterocycles. The number of benzene rings is 1. The smallest absolute Gasteiger partial charge is 0.264 e. The largest absolute Gasteiger partial charge is 0.456 e. The van der Waals surface area contributed by atoms with E-state index in [1.54, 1.807) is 30.3 Å². The van der Waals surface area contributed by atoms with E-state index in [1.165, 1.54) is 11.3 Å². The van der Waals surface area contributed by atoms with Gasteiger partial charge in [-0.25, -0.2) is 0 Å². The van der Waals surface area contributed by atoms with Crippen LogP contribution in [-0.2, 0) is 15.0 Å². The van der Waals surface area contributed by atoms with Crippen molar-refractivity contribution in [3.8, 4) is 11.5 Å². The Kier molecular flexibility index (Phi) is 4.74. The third-order valence-corrected chi connectivity index (χ3v) is 7.07. The molecule has 1 aliphatic heterocycles. The number of carbonyl (C=O) groups is 3. The van der Waals surface area contributed by atoms with E-state index in [1.807, 2.05) is 24.3 Å². The summed E-state index contributed by atoms with van der Waals surface area (Å²) in [4.78, 5) is 42.9. The summed E-state index contributed by atoms with van der Waals surface area (Å²) in [6.07, 6.45) is 3.77. The highest BCUT2D eigenvalue weighted by molar-refractivity contribution is 7.21. The highest BCUT2D eigenvalue weighted by Gasteiger charge is 2.50. The van der Waals surface area contributed by atoms with Gasteiger partial charge in [0.15, 0.2) is 5.78 Å². The molecule has 0 bridgehead atoms. The van der Waals surface area contributed by atoms with E-state index in [0.717, 1.165) is 23.1 Å². The van der Waals surface area contributed by atoms with Gasteiger partial charge in [0.1, 0.15) is 11.5 Å². The summed E-state index contributed by atoms with van der Waals surface area (Å²) in [6, 6.07) is 11.1. The molecule has 1 aliphatic carbocycles. The Hall–Kier alpha value is -3.26. The zero-order valence-electron chi connectivity index (χ0n) is 17.0. The number of ketones is 1. The fourth-order valence-corrected chi connectivity index (χ4v) is 5.07. The Balaban J connectivity index is 1.38. The predicted molar refractivity (Wildman–Crippen MR) is 117 cm³/mol. The number of likely N-dealkylation sites (N-methyl/N-ethyl adjacent to an activating group) is 1. The second-order valence-electron chi connectivity index (χ2n) is 7.94. The lowest BCUT2D eigenvalue weighted by atomic mass is 9.95. The molecule has 1 N–H and O–H groups in total. The minimum atomic E-state index is -0.406. The van der Waals surface area contributed by atoms with Crippen LogP contribution >= 0.6 is 11.3 Å². The Morgan fingerprint density at radius 3 is 2.61 bits per heavy atom. The molecule has 3 aromatic rings. The first kappa shape index (κ1) is 19.7. The molecule has 158 valence electrons. The van der Waals surface area contributed by atoms with E-state index in [9.17, 15) is 14.4 Å². The number of nitrogens with one attached hydrogen (secondary N) is 1.